The second kappa shape index (κ2) is 12.6. The van der Waals surface area contributed by atoms with Crippen molar-refractivity contribution in [1.29, 1.82) is 0 Å². The van der Waals surface area contributed by atoms with Crippen LogP contribution < -0.4 is 0 Å². The molecule has 0 aromatic carbocycles. The first-order valence-electron chi connectivity index (χ1n) is 8.25. The maximum Gasteiger partial charge on any atom is 0.104 e. The second-order valence-corrected chi connectivity index (χ2v) is 5.47. The molecule has 0 aromatic rings. The molecule has 0 N–H and O–H groups in total. The van der Waals surface area contributed by atoms with Crippen molar-refractivity contribution in [1.82, 2.24) is 0 Å². The van der Waals surface area contributed by atoms with Gasteiger partial charge in [-0.2, -0.15) is 0 Å². The van der Waals surface area contributed by atoms with Crippen LogP contribution in [0.5, 0.6) is 0 Å². The number of epoxide rings is 2. The Bertz CT molecular complexity index is 181. The summed E-state index contributed by atoms with van der Waals surface area (Å²) < 4.78 is 20.6. The van der Waals surface area contributed by atoms with Gasteiger partial charge in [-0.1, -0.05) is 39.5 Å². The average molecular weight is 288 g/mol. The van der Waals surface area contributed by atoms with Crippen LogP contribution in [0.1, 0.15) is 52.4 Å². The minimum Gasteiger partial charge on any atom is -0.379 e. The summed E-state index contributed by atoms with van der Waals surface area (Å²) in [6.07, 6.45) is 8.36. The Hall–Kier alpha value is -0.160. The van der Waals surface area contributed by atoms with Gasteiger partial charge < -0.3 is 18.9 Å². The zero-order valence-corrected chi connectivity index (χ0v) is 13.3. The Kier molecular flexibility index (Phi) is 11.2. The summed E-state index contributed by atoms with van der Waals surface area (Å²) in [7, 11) is 0. The van der Waals surface area contributed by atoms with E-state index in [0.717, 1.165) is 39.6 Å². The molecule has 2 aliphatic heterocycles. The first-order valence-corrected chi connectivity index (χ1v) is 8.25. The third-order valence-electron chi connectivity index (χ3n) is 3.20. The van der Waals surface area contributed by atoms with Gasteiger partial charge in [-0.15, -0.1) is 0 Å². The fourth-order valence-electron chi connectivity index (χ4n) is 1.67. The third-order valence-corrected chi connectivity index (χ3v) is 3.20. The lowest BCUT2D eigenvalue weighted by Crippen LogP contribution is -2.02. The molecule has 2 saturated heterocycles. The molecule has 2 heterocycles. The summed E-state index contributed by atoms with van der Waals surface area (Å²) in [5.41, 5.74) is 0. The van der Waals surface area contributed by atoms with E-state index < -0.39 is 0 Å². The first-order chi connectivity index (χ1) is 9.86. The van der Waals surface area contributed by atoms with Crippen LogP contribution in [0.15, 0.2) is 0 Å². The predicted octanol–water partition coefficient (Wildman–Crippen LogP) is 3.18. The van der Waals surface area contributed by atoms with Crippen LogP contribution in [0.4, 0.5) is 0 Å². The number of hydrogen-bond donors (Lipinski definition) is 0. The zero-order chi connectivity index (χ0) is 14.5. The number of rotatable bonds is 12. The van der Waals surface area contributed by atoms with E-state index in [9.17, 15) is 0 Å². The van der Waals surface area contributed by atoms with Crippen LogP contribution in [0.2, 0.25) is 0 Å². The molecule has 2 atom stereocenters. The average Bonchev–Trinajstić information content (AvgIpc) is 3.34. The molecule has 2 aliphatic rings. The zero-order valence-electron chi connectivity index (χ0n) is 13.3. The molecular formula is C16H32O4. The van der Waals surface area contributed by atoms with Crippen molar-refractivity contribution >= 4 is 0 Å². The van der Waals surface area contributed by atoms with E-state index in [1.54, 1.807) is 0 Å². The molecule has 2 fully saturated rings. The summed E-state index contributed by atoms with van der Waals surface area (Å²) in [4.78, 5) is 0. The van der Waals surface area contributed by atoms with Gasteiger partial charge in [-0.25, -0.2) is 0 Å². The Morgan fingerprint density at radius 1 is 0.750 bits per heavy atom. The highest BCUT2D eigenvalue weighted by Crippen LogP contribution is 2.09. The molecule has 2 unspecified atom stereocenters. The van der Waals surface area contributed by atoms with Crippen molar-refractivity contribution < 1.29 is 18.9 Å². The van der Waals surface area contributed by atoms with E-state index in [-0.39, 0.29) is 0 Å². The minimum atomic E-state index is 0.432. The van der Waals surface area contributed by atoms with E-state index in [1.807, 2.05) is 0 Å². The van der Waals surface area contributed by atoms with Gasteiger partial charge in [0.1, 0.15) is 12.2 Å². The highest BCUT2D eigenvalue weighted by molar-refractivity contribution is 4.67. The lowest BCUT2D eigenvalue weighted by molar-refractivity contribution is 0.113. The van der Waals surface area contributed by atoms with E-state index in [1.165, 1.54) is 38.5 Å². The molecule has 0 bridgehead atoms. The van der Waals surface area contributed by atoms with Crippen molar-refractivity contribution in [2.75, 3.05) is 39.6 Å². The standard InChI is InChI=1S/2C8H16O2/c2*1-2-3-4-5-9-6-8-7-10-8/h2*8H,2-7H2,1H3. The van der Waals surface area contributed by atoms with Crippen molar-refractivity contribution in [2.45, 2.75) is 64.6 Å². The molecule has 4 nitrogen and oxygen atoms in total. The quantitative estimate of drug-likeness (QED) is 0.408. The fourth-order valence-corrected chi connectivity index (χ4v) is 1.67. The van der Waals surface area contributed by atoms with Gasteiger partial charge in [0.05, 0.1) is 26.4 Å². The lowest BCUT2D eigenvalue weighted by atomic mass is 10.3. The molecule has 0 aliphatic carbocycles. The molecular weight excluding hydrogens is 256 g/mol. The van der Waals surface area contributed by atoms with Crippen molar-refractivity contribution in [3.8, 4) is 0 Å². The Balaban J connectivity index is 0.000000200. The number of unbranched alkanes of at least 4 members (excludes halogenated alkanes) is 4. The van der Waals surface area contributed by atoms with Gasteiger partial charge in [-0.05, 0) is 12.8 Å². The maximum atomic E-state index is 5.33. The first kappa shape index (κ1) is 17.9. The van der Waals surface area contributed by atoms with E-state index in [4.69, 9.17) is 18.9 Å². The van der Waals surface area contributed by atoms with E-state index in [0.29, 0.717) is 12.2 Å². The minimum absolute atomic E-state index is 0.432. The number of hydrogen-bond acceptors (Lipinski definition) is 4. The van der Waals surface area contributed by atoms with Gasteiger partial charge in [0.25, 0.3) is 0 Å². The van der Waals surface area contributed by atoms with Crippen LogP contribution in [-0.2, 0) is 18.9 Å². The smallest absolute Gasteiger partial charge is 0.104 e. The molecule has 20 heavy (non-hydrogen) atoms. The van der Waals surface area contributed by atoms with Gasteiger partial charge in [0, 0.05) is 13.2 Å². The highest BCUT2D eigenvalue weighted by atomic mass is 16.6. The topological polar surface area (TPSA) is 43.5 Å². The van der Waals surface area contributed by atoms with Gasteiger partial charge in [0.2, 0.25) is 0 Å². The lowest BCUT2D eigenvalue weighted by Gasteiger charge is -1.99. The van der Waals surface area contributed by atoms with Crippen molar-refractivity contribution in [2.24, 2.45) is 0 Å². The molecule has 4 heteroatoms. The van der Waals surface area contributed by atoms with Crippen molar-refractivity contribution in [3.05, 3.63) is 0 Å². The summed E-state index contributed by atoms with van der Waals surface area (Å²) in [5.74, 6) is 0. The van der Waals surface area contributed by atoms with Crippen LogP contribution >= 0.6 is 0 Å². The molecule has 0 aromatic heterocycles. The van der Waals surface area contributed by atoms with E-state index in [2.05, 4.69) is 13.8 Å². The van der Waals surface area contributed by atoms with Crippen LogP contribution in [-0.4, -0.2) is 51.8 Å². The van der Waals surface area contributed by atoms with Gasteiger partial charge in [-0.3, -0.25) is 0 Å². The van der Waals surface area contributed by atoms with Crippen molar-refractivity contribution in [3.63, 3.8) is 0 Å². The Morgan fingerprint density at radius 2 is 1.15 bits per heavy atom. The largest absolute Gasteiger partial charge is 0.379 e. The van der Waals surface area contributed by atoms with Crippen LogP contribution in [0.3, 0.4) is 0 Å². The summed E-state index contributed by atoms with van der Waals surface area (Å²) in [5, 5.41) is 0. The molecule has 0 amide bonds. The predicted molar refractivity (Wildman–Crippen MR) is 80.2 cm³/mol. The fraction of sp³-hybridized carbons (Fsp3) is 1.00. The van der Waals surface area contributed by atoms with Gasteiger partial charge in [0.15, 0.2) is 0 Å². The molecule has 0 saturated carbocycles. The Morgan fingerprint density at radius 3 is 1.45 bits per heavy atom. The highest BCUT2D eigenvalue weighted by Gasteiger charge is 2.22. The number of ether oxygens (including phenoxy) is 4. The van der Waals surface area contributed by atoms with Crippen LogP contribution in [0.25, 0.3) is 0 Å². The summed E-state index contributed by atoms with van der Waals surface area (Å²) in [6.45, 7) is 9.66. The van der Waals surface area contributed by atoms with Crippen LogP contribution in [0, 0.1) is 0 Å². The van der Waals surface area contributed by atoms with E-state index >= 15 is 0 Å². The monoisotopic (exact) mass is 288 g/mol. The molecule has 2 rings (SSSR count). The third kappa shape index (κ3) is 12.9. The van der Waals surface area contributed by atoms with Gasteiger partial charge >= 0.3 is 0 Å². The normalized spacial score (nSPS) is 23.1. The Labute approximate surface area is 124 Å². The molecule has 120 valence electrons. The maximum absolute atomic E-state index is 5.33. The molecule has 0 spiro atoms. The SMILES string of the molecule is CCCCCOCC1CO1.CCCCCOCC1CO1. The molecule has 0 radical (unpaired) electrons. The summed E-state index contributed by atoms with van der Waals surface area (Å²) in [6, 6.07) is 0. The second-order valence-electron chi connectivity index (χ2n) is 5.47. The summed E-state index contributed by atoms with van der Waals surface area (Å²) >= 11 is 0.